The standard InChI is InChI=1S/C10H9ClN4OS/c1-2-8-14-15-10(17-8)13-9(16)7-4-3-6(11)5-12-7/h3-5H,2H2,1H3,(H,13,15,16). The maximum atomic E-state index is 11.7. The van der Waals surface area contributed by atoms with Crippen LogP contribution in [0.3, 0.4) is 0 Å². The van der Waals surface area contributed by atoms with E-state index in [2.05, 4.69) is 20.5 Å². The zero-order valence-corrected chi connectivity index (χ0v) is 10.5. The van der Waals surface area contributed by atoms with Gasteiger partial charge in [-0.05, 0) is 18.6 Å². The van der Waals surface area contributed by atoms with Crippen LogP contribution in [0.1, 0.15) is 22.4 Å². The Morgan fingerprint density at radius 2 is 2.29 bits per heavy atom. The van der Waals surface area contributed by atoms with Gasteiger partial charge in [0.2, 0.25) is 5.13 Å². The van der Waals surface area contributed by atoms with Crippen molar-refractivity contribution in [3.8, 4) is 0 Å². The normalized spacial score (nSPS) is 10.2. The van der Waals surface area contributed by atoms with Crippen molar-refractivity contribution in [3.63, 3.8) is 0 Å². The van der Waals surface area contributed by atoms with E-state index >= 15 is 0 Å². The van der Waals surface area contributed by atoms with E-state index in [9.17, 15) is 4.79 Å². The first kappa shape index (κ1) is 11.9. The van der Waals surface area contributed by atoms with Crippen LogP contribution >= 0.6 is 22.9 Å². The molecule has 2 rings (SSSR count). The number of anilines is 1. The lowest BCUT2D eigenvalue weighted by atomic mass is 10.3. The fourth-order valence-electron chi connectivity index (χ4n) is 1.12. The maximum absolute atomic E-state index is 11.7. The molecule has 0 aliphatic carbocycles. The Kier molecular flexibility index (Phi) is 3.65. The summed E-state index contributed by atoms with van der Waals surface area (Å²) in [6.07, 6.45) is 2.22. The van der Waals surface area contributed by atoms with Crippen LogP contribution in [-0.4, -0.2) is 21.1 Å². The highest BCUT2D eigenvalue weighted by molar-refractivity contribution is 7.15. The van der Waals surface area contributed by atoms with E-state index in [-0.39, 0.29) is 5.91 Å². The number of nitrogens with one attached hydrogen (secondary N) is 1. The highest BCUT2D eigenvalue weighted by atomic mass is 35.5. The lowest BCUT2D eigenvalue weighted by molar-refractivity contribution is 0.102. The Bertz CT molecular complexity index is 525. The molecule has 5 nitrogen and oxygen atoms in total. The summed E-state index contributed by atoms with van der Waals surface area (Å²) in [5.41, 5.74) is 0.294. The van der Waals surface area contributed by atoms with Crippen molar-refractivity contribution in [3.05, 3.63) is 34.1 Å². The molecular formula is C10H9ClN4OS. The van der Waals surface area contributed by atoms with E-state index in [1.54, 1.807) is 12.1 Å². The molecule has 0 unspecified atom stereocenters. The van der Waals surface area contributed by atoms with Crippen molar-refractivity contribution < 1.29 is 4.79 Å². The topological polar surface area (TPSA) is 67.8 Å². The van der Waals surface area contributed by atoms with Crippen LogP contribution in [0, 0.1) is 0 Å². The van der Waals surface area contributed by atoms with Gasteiger partial charge in [-0.3, -0.25) is 10.1 Å². The third kappa shape index (κ3) is 2.98. The van der Waals surface area contributed by atoms with Crippen LogP contribution in [0.25, 0.3) is 0 Å². The number of hydrogen-bond acceptors (Lipinski definition) is 5. The molecular weight excluding hydrogens is 260 g/mol. The molecule has 0 aromatic carbocycles. The number of aromatic nitrogens is 3. The second-order valence-electron chi connectivity index (χ2n) is 3.17. The van der Waals surface area contributed by atoms with Gasteiger partial charge in [-0.2, -0.15) is 0 Å². The molecule has 2 aromatic rings. The van der Waals surface area contributed by atoms with Gasteiger partial charge in [0, 0.05) is 6.20 Å². The van der Waals surface area contributed by atoms with E-state index in [1.807, 2.05) is 6.92 Å². The number of halogens is 1. The van der Waals surface area contributed by atoms with Gasteiger partial charge in [-0.1, -0.05) is 29.9 Å². The Labute approximate surface area is 107 Å². The highest BCUT2D eigenvalue weighted by Gasteiger charge is 2.10. The van der Waals surface area contributed by atoms with Crippen LogP contribution in [0.5, 0.6) is 0 Å². The number of pyridine rings is 1. The monoisotopic (exact) mass is 268 g/mol. The van der Waals surface area contributed by atoms with Crippen LogP contribution in [0.4, 0.5) is 5.13 Å². The summed E-state index contributed by atoms with van der Waals surface area (Å²) in [5.74, 6) is -0.319. The largest absolute Gasteiger partial charge is 0.295 e. The van der Waals surface area contributed by atoms with Crippen LogP contribution < -0.4 is 5.32 Å². The summed E-state index contributed by atoms with van der Waals surface area (Å²) in [5, 5.41) is 12.2. The predicted octanol–water partition coefficient (Wildman–Crippen LogP) is 2.40. The maximum Gasteiger partial charge on any atom is 0.276 e. The number of amides is 1. The van der Waals surface area contributed by atoms with Crippen molar-refractivity contribution in [2.45, 2.75) is 13.3 Å². The molecule has 2 heterocycles. The number of rotatable bonds is 3. The summed E-state index contributed by atoms with van der Waals surface area (Å²) < 4.78 is 0. The molecule has 0 fully saturated rings. The number of aryl methyl sites for hydroxylation is 1. The number of nitrogens with zero attached hydrogens (tertiary/aromatic N) is 3. The number of hydrogen-bond donors (Lipinski definition) is 1. The van der Waals surface area contributed by atoms with Gasteiger partial charge < -0.3 is 0 Å². The molecule has 0 radical (unpaired) electrons. The smallest absolute Gasteiger partial charge is 0.276 e. The van der Waals surface area contributed by atoms with Crippen LogP contribution in [-0.2, 0) is 6.42 Å². The van der Waals surface area contributed by atoms with Crippen molar-refractivity contribution in [1.29, 1.82) is 0 Å². The zero-order valence-electron chi connectivity index (χ0n) is 8.98. The second-order valence-corrected chi connectivity index (χ2v) is 4.67. The Morgan fingerprint density at radius 3 is 2.88 bits per heavy atom. The highest BCUT2D eigenvalue weighted by Crippen LogP contribution is 2.16. The third-order valence-electron chi connectivity index (χ3n) is 1.95. The Balaban J connectivity index is 2.08. The summed E-state index contributed by atoms with van der Waals surface area (Å²) in [6, 6.07) is 3.17. The van der Waals surface area contributed by atoms with E-state index in [0.29, 0.717) is 15.8 Å². The molecule has 17 heavy (non-hydrogen) atoms. The van der Waals surface area contributed by atoms with E-state index in [4.69, 9.17) is 11.6 Å². The van der Waals surface area contributed by atoms with E-state index in [1.165, 1.54) is 17.5 Å². The average Bonchev–Trinajstić information content (AvgIpc) is 2.77. The Morgan fingerprint density at radius 1 is 1.47 bits per heavy atom. The molecule has 0 bridgehead atoms. The fourth-order valence-corrected chi connectivity index (χ4v) is 1.90. The second kappa shape index (κ2) is 5.20. The van der Waals surface area contributed by atoms with Crippen molar-refractivity contribution >= 4 is 34.0 Å². The molecule has 0 aliphatic heterocycles. The van der Waals surface area contributed by atoms with Gasteiger partial charge in [0.25, 0.3) is 5.91 Å². The quantitative estimate of drug-likeness (QED) is 0.928. The van der Waals surface area contributed by atoms with Crippen LogP contribution in [0.2, 0.25) is 5.02 Å². The number of carbonyl (C=O) groups is 1. The molecule has 1 amide bonds. The minimum Gasteiger partial charge on any atom is -0.295 e. The third-order valence-corrected chi connectivity index (χ3v) is 3.16. The zero-order chi connectivity index (χ0) is 12.3. The Hall–Kier alpha value is -1.53. The predicted molar refractivity (Wildman–Crippen MR) is 66.5 cm³/mol. The van der Waals surface area contributed by atoms with Gasteiger partial charge in [-0.25, -0.2) is 4.98 Å². The van der Waals surface area contributed by atoms with Gasteiger partial charge in [0.1, 0.15) is 10.7 Å². The van der Waals surface area contributed by atoms with Crippen molar-refractivity contribution in [1.82, 2.24) is 15.2 Å². The molecule has 2 aromatic heterocycles. The number of carbonyl (C=O) groups excluding carboxylic acids is 1. The molecule has 88 valence electrons. The van der Waals surface area contributed by atoms with Crippen molar-refractivity contribution in [2.24, 2.45) is 0 Å². The van der Waals surface area contributed by atoms with Crippen LogP contribution in [0.15, 0.2) is 18.3 Å². The fraction of sp³-hybridized carbons (Fsp3) is 0.200. The van der Waals surface area contributed by atoms with Gasteiger partial charge in [0.15, 0.2) is 0 Å². The molecule has 1 N–H and O–H groups in total. The van der Waals surface area contributed by atoms with Gasteiger partial charge >= 0.3 is 0 Å². The molecule has 0 atom stereocenters. The summed E-state index contributed by atoms with van der Waals surface area (Å²) in [4.78, 5) is 15.7. The first-order chi connectivity index (χ1) is 8.19. The molecule has 0 saturated heterocycles. The first-order valence-corrected chi connectivity index (χ1v) is 6.13. The lowest BCUT2D eigenvalue weighted by Crippen LogP contribution is -2.13. The van der Waals surface area contributed by atoms with Gasteiger partial charge in [0.05, 0.1) is 5.02 Å². The average molecular weight is 269 g/mol. The van der Waals surface area contributed by atoms with E-state index < -0.39 is 0 Å². The minimum atomic E-state index is -0.319. The summed E-state index contributed by atoms with van der Waals surface area (Å²) >= 11 is 7.04. The van der Waals surface area contributed by atoms with Gasteiger partial charge in [-0.15, -0.1) is 10.2 Å². The SMILES string of the molecule is CCc1nnc(NC(=O)c2ccc(Cl)cn2)s1. The molecule has 7 heteroatoms. The summed E-state index contributed by atoms with van der Waals surface area (Å²) in [6.45, 7) is 1.98. The summed E-state index contributed by atoms with van der Waals surface area (Å²) in [7, 11) is 0. The minimum absolute atomic E-state index is 0.294. The lowest BCUT2D eigenvalue weighted by Gasteiger charge is -1.99. The molecule has 0 saturated carbocycles. The molecule has 0 aliphatic rings. The van der Waals surface area contributed by atoms with Crippen molar-refractivity contribution in [2.75, 3.05) is 5.32 Å². The molecule has 0 spiro atoms. The first-order valence-electron chi connectivity index (χ1n) is 4.94. The van der Waals surface area contributed by atoms with E-state index in [0.717, 1.165) is 11.4 Å².